The first-order chi connectivity index (χ1) is 19.9. The SMILES string of the molecule is CN(C)c1ccc(C=Nc2ccc([N+](=O)[O-])cc2O)cc1.CN(C)c1ccc(C=Nc2ccc([N+](=O)[O-])cc2O)cc1. The highest BCUT2D eigenvalue weighted by Gasteiger charge is 2.10. The molecule has 0 amide bonds. The van der Waals surface area contributed by atoms with Crippen LogP contribution in [0, 0.1) is 20.2 Å². The van der Waals surface area contributed by atoms with Crippen LogP contribution in [0.5, 0.6) is 11.5 Å². The Bertz CT molecular complexity index is 1480. The van der Waals surface area contributed by atoms with Gasteiger partial charge in [0.15, 0.2) is 0 Å². The number of rotatable bonds is 8. The van der Waals surface area contributed by atoms with Gasteiger partial charge in [-0.05, 0) is 47.5 Å². The van der Waals surface area contributed by atoms with Crippen molar-refractivity contribution in [3.05, 3.63) is 116 Å². The molecule has 0 unspecified atom stereocenters. The number of hydrogen-bond acceptors (Lipinski definition) is 10. The van der Waals surface area contributed by atoms with Crippen molar-refractivity contribution in [2.24, 2.45) is 9.98 Å². The first kappa shape index (κ1) is 30.8. The van der Waals surface area contributed by atoms with E-state index in [0.29, 0.717) is 0 Å². The largest absolute Gasteiger partial charge is 0.505 e. The minimum absolute atomic E-state index is 0.165. The van der Waals surface area contributed by atoms with Gasteiger partial charge in [0.25, 0.3) is 11.4 Å². The van der Waals surface area contributed by atoms with Crippen LogP contribution in [0.4, 0.5) is 34.1 Å². The third-order valence-corrected chi connectivity index (χ3v) is 5.86. The lowest BCUT2D eigenvalue weighted by atomic mass is 10.2. The van der Waals surface area contributed by atoms with Gasteiger partial charge in [-0.15, -0.1) is 0 Å². The van der Waals surface area contributed by atoms with E-state index in [1.807, 2.05) is 86.5 Å². The number of anilines is 2. The van der Waals surface area contributed by atoms with Crippen LogP contribution in [-0.4, -0.2) is 60.7 Å². The van der Waals surface area contributed by atoms with E-state index in [-0.39, 0.29) is 34.2 Å². The molecule has 0 aliphatic heterocycles. The number of nitro benzene ring substituents is 2. The molecule has 4 aromatic rings. The fourth-order valence-electron chi connectivity index (χ4n) is 3.47. The van der Waals surface area contributed by atoms with Crippen LogP contribution in [0.25, 0.3) is 0 Å². The average molecular weight is 571 g/mol. The topological polar surface area (TPSA) is 158 Å². The van der Waals surface area contributed by atoms with Gasteiger partial charge < -0.3 is 20.0 Å². The third kappa shape index (κ3) is 8.61. The second-order valence-electron chi connectivity index (χ2n) is 9.35. The Morgan fingerprint density at radius 1 is 0.595 bits per heavy atom. The Morgan fingerprint density at radius 3 is 1.19 bits per heavy atom. The quantitative estimate of drug-likeness (QED) is 0.143. The molecule has 12 heteroatoms. The summed E-state index contributed by atoms with van der Waals surface area (Å²) >= 11 is 0. The second-order valence-corrected chi connectivity index (χ2v) is 9.35. The first-order valence-electron chi connectivity index (χ1n) is 12.5. The molecule has 0 aliphatic carbocycles. The highest BCUT2D eigenvalue weighted by Crippen LogP contribution is 2.31. The van der Waals surface area contributed by atoms with Gasteiger partial charge in [0.1, 0.15) is 22.9 Å². The van der Waals surface area contributed by atoms with Crippen molar-refractivity contribution < 1.29 is 20.1 Å². The molecule has 0 aliphatic rings. The van der Waals surface area contributed by atoms with Crippen molar-refractivity contribution in [2.45, 2.75) is 0 Å². The number of nitrogens with zero attached hydrogens (tertiary/aromatic N) is 6. The maximum atomic E-state index is 10.6. The van der Waals surface area contributed by atoms with Crippen LogP contribution >= 0.6 is 0 Å². The van der Waals surface area contributed by atoms with E-state index in [1.165, 1.54) is 24.3 Å². The molecule has 0 atom stereocenters. The zero-order chi connectivity index (χ0) is 30.8. The number of phenolic OH excluding ortho intramolecular Hbond substituents is 2. The van der Waals surface area contributed by atoms with E-state index in [2.05, 4.69) is 9.98 Å². The van der Waals surface area contributed by atoms with E-state index in [4.69, 9.17) is 0 Å². The van der Waals surface area contributed by atoms with Gasteiger partial charge in [-0.2, -0.15) is 0 Å². The normalized spacial score (nSPS) is 10.8. The molecule has 0 saturated heterocycles. The van der Waals surface area contributed by atoms with Crippen molar-refractivity contribution in [3.8, 4) is 11.5 Å². The molecule has 0 bridgehead atoms. The summed E-state index contributed by atoms with van der Waals surface area (Å²) in [5.74, 6) is -0.435. The van der Waals surface area contributed by atoms with Crippen LogP contribution in [-0.2, 0) is 0 Å². The lowest BCUT2D eigenvalue weighted by molar-refractivity contribution is -0.385. The molecule has 12 nitrogen and oxygen atoms in total. The summed E-state index contributed by atoms with van der Waals surface area (Å²) in [6, 6.07) is 23.1. The van der Waals surface area contributed by atoms with Crippen molar-refractivity contribution in [1.82, 2.24) is 0 Å². The van der Waals surface area contributed by atoms with Gasteiger partial charge in [-0.3, -0.25) is 30.2 Å². The Labute approximate surface area is 242 Å². The van der Waals surface area contributed by atoms with E-state index in [0.717, 1.165) is 34.6 Å². The number of nitro groups is 2. The van der Waals surface area contributed by atoms with Crippen molar-refractivity contribution in [3.63, 3.8) is 0 Å². The monoisotopic (exact) mass is 570 g/mol. The molecule has 4 rings (SSSR count). The highest BCUT2D eigenvalue weighted by molar-refractivity contribution is 5.84. The van der Waals surface area contributed by atoms with E-state index in [9.17, 15) is 30.4 Å². The number of non-ortho nitro benzene ring substituents is 2. The first-order valence-corrected chi connectivity index (χ1v) is 12.5. The molecule has 4 aromatic carbocycles. The minimum Gasteiger partial charge on any atom is -0.505 e. The Morgan fingerprint density at radius 2 is 0.929 bits per heavy atom. The summed E-state index contributed by atoms with van der Waals surface area (Å²) in [5, 5.41) is 40.6. The Balaban J connectivity index is 0.000000230. The van der Waals surface area contributed by atoms with E-state index >= 15 is 0 Å². The van der Waals surface area contributed by atoms with Gasteiger partial charge in [-0.25, -0.2) is 0 Å². The maximum absolute atomic E-state index is 10.6. The molecule has 42 heavy (non-hydrogen) atoms. The molecule has 0 fully saturated rings. The Kier molecular flexibility index (Phi) is 10.3. The number of phenols is 2. The fourth-order valence-corrected chi connectivity index (χ4v) is 3.47. The molecule has 0 spiro atoms. The predicted molar refractivity (Wildman–Crippen MR) is 166 cm³/mol. The zero-order valence-corrected chi connectivity index (χ0v) is 23.4. The third-order valence-electron chi connectivity index (χ3n) is 5.86. The highest BCUT2D eigenvalue weighted by atomic mass is 16.6. The summed E-state index contributed by atoms with van der Waals surface area (Å²) in [6.07, 6.45) is 3.20. The maximum Gasteiger partial charge on any atom is 0.273 e. The van der Waals surface area contributed by atoms with Gasteiger partial charge in [0.2, 0.25) is 0 Å². The van der Waals surface area contributed by atoms with Gasteiger partial charge in [-0.1, -0.05) is 24.3 Å². The molecule has 2 N–H and O–H groups in total. The summed E-state index contributed by atoms with van der Waals surface area (Å²) in [5.41, 5.74) is 4.14. The van der Waals surface area contributed by atoms with Crippen LogP contribution in [0.15, 0.2) is 94.9 Å². The number of hydrogen-bond donors (Lipinski definition) is 2. The minimum atomic E-state index is -0.562. The molecule has 0 saturated carbocycles. The smallest absolute Gasteiger partial charge is 0.273 e. The summed E-state index contributed by atoms with van der Waals surface area (Å²) in [6.45, 7) is 0. The standard InChI is InChI=1S/2C15H15N3O3/c2*1-17(2)12-5-3-11(4-6-12)10-16-14-8-7-13(18(20)21)9-15(14)19/h2*3-10,19H,1-2H3. The fraction of sp³-hybridized carbons (Fsp3) is 0.133. The summed E-state index contributed by atoms with van der Waals surface area (Å²) in [4.78, 5) is 32.3. The van der Waals surface area contributed by atoms with Crippen LogP contribution in [0.2, 0.25) is 0 Å². The predicted octanol–water partition coefficient (Wildman–Crippen LogP) is 6.23. The molecule has 216 valence electrons. The van der Waals surface area contributed by atoms with Crippen molar-refractivity contribution in [1.29, 1.82) is 0 Å². The summed E-state index contributed by atoms with van der Waals surface area (Å²) < 4.78 is 0. The summed E-state index contributed by atoms with van der Waals surface area (Å²) in [7, 11) is 7.83. The number of benzene rings is 4. The van der Waals surface area contributed by atoms with Crippen LogP contribution < -0.4 is 9.80 Å². The van der Waals surface area contributed by atoms with Gasteiger partial charge >= 0.3 is 0 Å². The molecule has 0 radical (unpaired) electrons. The zero-order valence-electron chi connectivity index (χ0n) is 23.4. The average Bonchev–Trinajstić information content (AvgIpc) is 2.96. The van der Waals surface area contributed by atoms with E-state index in [1.54, 1.807) is 12.4 Å². The number of aliphatic imine (C=N–C) groups is 2. The molecule has 0 aromatic heterocycles. The van der Waals surface area contributed by atoms with Gasteiger partial charge in [0.05, 0.1) is 22.0 Å². The lowest BCUT2D eigenvalue weighted by Crippen LogP contribution is -2.08. The Hall–Kier alpha value is -5.78. The lowest BCUT2D eigenvalue weighted by Gasteiger charge is -2.11. The van der Waals surface area contributed by atoms with Crippen LogP contribution in [0.1, 0.15) is 11.1 Å². The second kappa shape index (κ2) is 14.0. The van der Waals surface area contributed by atoms with Crippen molar-refractivity contribution >= 4 is 46.6 Å². The molecular weight excluding hydrogens is 540 g/mol. The number of aromatic hydroxyl groups is 2. The van der Waals surface area contributed by atoms with Crippen molar-refractivity contribution in [2.75, 3.05) is 38.0 Å². The van der Waals surface area contributed by atoms with Crippen LogP contribution in [0.3, 0.4) is 0 Å². The van der Waals surface area contributed by atoms with E-state index < -0.39 is 9.85 Å². The van der Waals surface area contributed by atoms with Gasteiger partial charge in [0, 0.05) is 64.1 Å². The molecule has 0 heterocycles. The molecular formula is C30H30N6O6.